The Hall–Kier alpha value is -2.70. The van der Waals surface area contributed by atoms with E-state index in [-0.39, 0.29) is 5.91 Å². The molecule has 0 N–H and O–H groups in total. The average molecular weight is 409 g/mol. The van der Waals surface area contributed by atoms with E-state index < -0.39 is 0 Å². The summed E-state index contributed by atoms with van der Waals surface area (Å²) in [5.74, 6) is 2.66. The minimum absolute atomic E-state index is 0.287. The molecule has 7 nitrogen and oxygen atoms in total. The number of amides is 1. The maximum Gasteiger partial charge on any atom is 0.225 e. The maximum absolute atomic E-state index is 12.8. The molecule has 2 aromatic heterocycles. The van der Waals surface area contributed by atoms with Crippen LogP contribution in [0.4, 0.5) is 11.8 Å². The van der Waals surface area contributed by atoms with Crippen LogP contribution in [0.25, 0.3) is 0 Å². The van der Waals surface area contributed by atoms with Crippen LogP contribution in [0.15, 0.2) is 30.5 Å². The molecule has 1 unspecified atom stereocenters. The summed E-state index contributed by atoms with van der Waals surface area (Å²) in [4.78, 5) is 33.0. The molecule has 1 atom stereocenters. The lowest BCUT2D eigenvalue weighted by atomic mass is 9.93. The standard InChI is InChI=1S/C23H32N6O/c1-18-16-19(2)26-23(25-18)29-11-5-6-20(17-29)8-9-22(30)28-14-12-27(13-15-28)21-7-3-4-10-24-21/h3-4,7,10,16,20H,5-6,8-9,11-15,17H2,1-2H3. The van der Waals surface area contributed by atoms with Gasteiger partial charge in [-0.05, 0) is 57.2 Å². The molecule has 4 rings (SSSR count). The molecule has 1 amide bonds. The third-order valence-electron chi connectivity index (χ3n) is 6.14. The first-order chi connectivity index (χ1) is 14.6. The molecule has 2 saturated heterocycles. The smallest absolute Gasteiger partial charge is 0.225 e. The van der Waals surface area contributed by atoms with Crippen molar-refractivity contribution in [2.24, 2.45) is 5.92 Å². The SMILES string of the molecule is Cc1cc(C)nc(N2CCCC(CCC(=O)N3CCN(c4ccccn4)CC3)C2)n1. The Balaban J connectivity index is 1.25. The highest BCUT2D eigenvalue weighted by Gasteiger charge is 2.25. The Labute approximate surface area is 179 Å². The number of aryl methyl sites for hydroxylation is 2. The van der Waals surface area contributed by atoms with Crippen LogP contribution in [0.2, 0.25) is 0 Å². The van der Waals surface area contributed by atoms with E-state index in [4.69, 9.17) is 0 Å². The number of carbonyl (C=O) groups excluding carboxylic acids is 1. The molecule has 0 aliphatic carbocycles. The zero-order valence-electron chi connectivity index (χ0n) is 18.1. The van der Waals surface area contributed by atoms with Gasteiger partial charge in [0.15, 0.2) is 0 Å². The van der Waals surface area contributed by atoms with Crippen LogP contribution in [0.1, 0.15) is 37.1 Å². The lowest BCUT2D eigenvalue weighted by molar-refractivity contribution is -0.131. The first-order valence-electron chi connectivity index (χ1n) is 11.1. The van der Waals surface area contributed by atoms with E-state index in [1.165, 1.54) is 6.42 Å². The van der Waals surface area contributed by atoms with Gasteiger partial charge in [-0.3, -0.25) is 4.79 Å². The summed E-state index contributed by atoms with van der Waals surface area (Å²) < 4.78 is 0. The van der Waals surface area contributed by atoms with Crippen LogP contribution >= 0.6 is 0 Å². The summed E-state index contributed by atoms with van der Waals surface area (Å²) in [6.45, 7) is 9.25. The Morgan fingerprint density at radius 1 is 1.03 bits per heavy atom. The molecule has 0 bridgehead atoms. The van der Waals surface area contributed by atoms with Crippen molar-refractivity contribution in [2.45, 2.75) is 39.5 Å². The second-order valence-corrected chi connectivity index (χ2v) is 8.50. The fraction of sp³-hybridized carbons (Fsp3) is 0.565. The highest BCUT2D eigenvalue weighted by atomic mass is 16.2. The van der Waals surface area contributed by atoms with Gasteiger partial charge in [0.1, 0.15) is 5.82 Å². The monoisotopic (exact) mass is 408 g/mol. The number of nitrogens with zero attached hydrogens (tertiary/aromatic N) is 6. The number of hydrogen-bond acceptors (Lipinski definition) is 6. The van der Waals surface area contributed by atoms with Gasteiger partial charge in [-0.2, -0.15) is 0 Å². The van der Waals surface area contributed by atoms with Gasteiger partial charge in [0.25, 0.3) is 0 Å². The fourth-order valence-corrected chi connectivity index (χ4v) is 4.54. The van der Waals surface area contributed by atoms with Crippen molar-refractivity contribution in [1.82, 2.24) is 19.9 Å². The Morgan fingerprint density at radius 2 is 1.80 bits per heavy atom. The molecule has 160 valence electrons. The van der Waals surface area contributed by atoms with Crippen molar-refractivity contribution in [2.75, 3.05) is 49.1 Å². The minimum atomic E-state index is 0.287. The number of pyridine rings is 1. The number of piperidine rings is 1. The molecule has 2 fully saturated rings. The van der Waals surface area contributed by atoms with Gasteiger partial charge in [-0.1, -0.05) is 6.07 Å². The molecule has 0 aromatic carbocycles. The van der Waals surface area contributed by atoms with E-state index in [0.29, 0.717) is 12.3 Å². The minimum Gasteiger partial charge on any atom is -0.353 e. The first-order valence-corrected chi connectivity index (χ1v) is 11.1. The van der Waals surface area contributed by atoms with Crippen molar-refractivity contribution in [3.63, 3.8) is 0 Å². The summed E-state index contributed by atoms with van der Waals surface area (Å²) in [5.41, 5.74) is 2.03. The van der Waals surface area contributed by atoms with Crippen molar-refractivity contribution in [3.05, 3.63) is 41.9 Å². The lowest BCUT2D eigenvalue weighted by Crippen LogP contribution is -2.49. The van der Waals surface area contributed by atoms with Crippen LogP contribution < -0.4 is 9.80 Å². The lowest BCUT2D eigenvalue weighted by Gasteiger charge is -2.36. The third kappa shape index (κ3) is 5.07. The predicted octanol–water partition coefficient (Wildman–Crippen LogP) is 2.83. The van der Waals surface area contributed by atoms with Crippen LogP contribution in [0, 0.1) is 19.8 Å². The van der Waals surface area contributed by atoms with E-state index in [2.05, 4.69) is 24.8 Å². The molecule has 0 radical (unpaired) electrons. The van der Waals surface area contributed by atoms with Gasteiger partial charge in [-0.15, -0.1) is 0 Å². The van der Waals surface area contributed by atoms with E-state index in [9.17, 15) is 4.79 Å². The number of hydrogen-bond donors (Lipinski definition) is 0. The summed E-state index contributed by atoms with van der Waals surface area (Å²) in [7, 11) is 0. The van der Waals surface area contributed by atoms with Crippen molar-refractivity contribution in [3.8, 4) is 0 Å². The van der Waals surface area contributed by atoms with Gasteiger partial charge in [-0.25, -0.2) is 15.0 Å². The predicted molar refractivity (Wildman–Crippen MR) is 119 cm³/mol. The molecule has 4 heterocycles. The number of anilines is 2. The van der Waals surface area contributed by atoms with Crippen molar-refractivity contribution >= 4 is 17.7 Å². The largest absolute Gasteiger partial charge is 0.353 e. The summed E-state index contributed by atoms with van der Waals surface area (Å²) in [6, 6.07) is 7.99. The number of rotatable bonds is 5. The molecule has 30 heavy (non-hydrogen) atoms. The third-order valence-corrected chi connectivity index (χ3v) is 6.14. The van der Waals surface area contributed by atoms with Crippen LogP contribution in [0.3, 0.4) is 0 Å². The second kappa shape index (κ2) is 9.41. The molecule has 2 aliphatic heterocycles. The Bertz CT molecular complexity index is 830. The van der Waals surface area contributed by atoms with Crippen molar-refractivity contribution < 1.29 is 4.79 Å². The van der Waals surface area contributed by atoms with Gasteiger partial charge >= 0.3 is 0 Å². The molecular formula is C23H32N6O. The number of carbonyl (C=O) groups is 1. The van der Waals surface area contributed by atoms with Gasteiger partial charge < -0.3 is 14.7 Å². The van der Waals surface area contributed by atoms with Crippen LogP contribution in [-0.4, -0.2) is 65.0 Å². The zero-order valence-corrected chi connectivity index (χ0v) is 18.1. The molecular weight excluding hydrogens is 376 g/mol. The summed E-state index contributed by atoms with van der Waals surface area (Å²) >= 11 is 0. The average Bonchev–Trinajstić information content (AvgIpc) is 2.78. The van der Waals surface area contributed by atoms with Crippen LogP contribution in [0.5, 0.6) is 0 Å². The molecule has 0 saturated carbocycles. The first kappa shape index (κ1) is 20.6. The Kier molecular flexibility index (Phi) is 6.45. The van der Waals surface area contributed by atoms with E-state index in [1.54, 1.807) is 0 Å². The fourth-order valence-electron chi connectivity index (χ4n) is 4.54. The van der Waals surface area contributed by atoms with E-state index >= 15 is 0 Å². The molecule has 7 heteroatoms. The summed E-state index contributed by atoms with van der Waals surface area (Å²) in [6.07, 6.45) is 5.72. The quantitative estimate of drug-likeness (QED) is 0.758. The van der Waals surface area contributed by atoms with E-state index in [1.807, 2.05) is 49.2 Å². The summed E-state index contributed by atoms with van der Waals surface area (Å²) in [5, 5.41) is 0. The van der Waals surface area contributed by atoms with Crippen LogP contribution in [-0.2, 0) is 4.79 Å². The van der Waals surface area contributed by atoms with Gasteiger partial charge in [0.05, 0.1) is 0 Å². The maximum atomic E-state index is 12.8. The van der Waals surface area contributed by atoms with E-state index in [0.717, 1.165) is 75.3 Å². The zero-order chi connectivity index (χ0) is 20.9. The Morgan fingerprint density at radius 3 is 2.50 bits per heavy atom. The topological polar surface area (TPSA) is 65.5 Å². The highest BCUT2D eigenvalue weighted by Crippen LogP contribution is 2.25. The number of piperazine rings is 1. The second-order valence-electron chi connectivity index (χ2n) is 8.50. The molecule has 2 aromatic rings. The number of aromatic nitrogens is 3. The molecule has 2 aliphatic rings. The highest BCUT2D eigenvalue weighted by molar-refractivity contribution is 5.76. The van der Waals surface area contributed by atoms with Gasteiger partial charge in [0, 0.05) is 63.3 Å². The molecule has 0 spiro atoms. The van der Waals surface area contributed by atoms with Crippen molar-refractivity contribution in [1.29, 1.82) is 0 Å². The normalized spacial score (nSPS) is 19.8. The van der Waals surface area contributed by atoms with Gasteiger partial charge in [0.2, 0.25) is 11.9 Å².